The van der Waals surface area contributed by atoms with E-state index in [9.17, 15) is 10.2 Å². The van der Waals surface area contributed by atoms with E-state index in [1.807, 2.05) is 12.1 Å². The Balaban J connectivity index is 2.20. The van der Waals surface area contributed by atoms with Crippen LogP contribution in [0.2, 0.25) is 0 Å². The molecule has 0 saturated heterocycles. The summed E-state index contributed by atoms with van der Waals surface area (Å²) in [6.07, 6.45) is -2.17. The number of aliphatic hydroxyl groups excluding tert-OH is 2. The lowest BCUT2D eigenvalue weighted by Crippen LogP contribution is -2.10. The Bertz CT molecular complexity index is 602. The molecule has 0 spiro atoms. The molecule has 0 aliphatic rings. The van der Waals surface area contributed by atoms with Crippen molar-refractivity contribution < 1.29 is 10.2 Å². The van der Waals surface area contributed by atoms with Crippen molar-refractivity contribution in [3.8, 4) is 12.1 Å². The van der Waals surface area contributed by atoms with Gasteiger partial charge < -0.3 is 10.2 Å². The number of nitrogens with zero attached hydrogens (tertiary/aromatic N) is 2. The summed E-state index contributed by atoms with van der Waals surface area (Å²) in [7, 11) is 0. The van der Waals surface area contributed by atoms with E-state index in [0.29, 0.717) is 22.3 Å². The van der Waals surface area contributed by atoms with Gasteiger partial charge in [-0.25, -0.2) is 0 Å². The van der Waals surface area contributed by atoms with Gasteiger partial charge >= 0.3 is 0 Å². The molecule has 0 saturated carbocycles. The second-order valence-electron chi connectivity index (χ2n) is 4.36. The molecule has 0 radical (unpaired) electrons. The Morgan fingerprint density at radius 1 is 0.650 bits per heavy atom. The van der Waals surface area contributed by atoms with E-state index in [0.717, 1.165) is 0 Å². The molecule has 98 valence electrons. The van der Waals surface area contributed by atoms with Crippen molar-refractivity contribution in [2.75, 3.05) is 0 Å². The molecule has 4 nitrogen and oxygen atoms in total. The maximum Gasteiger partial charge on any atom is 0.109 e. The van der Waals surface area contributed by atoms with Crippen LogP contribution in [0.15, 0.2) is 48.5 Å². The quantitative estimate of drug-likeness (QED) is 0.889. The molecule has 0 unspecified atom stereocenters. The summed E-state index contributed by atoms with van der Waals surface area (Å²) >= 11 is 0. The van der Waals surface area contributed by atoms with Gasteiger partial charge in [0.05, 0.1) is 23.3 Å². The van der Waals surface area contributed by atoms with Gasteiger partial charge in [-0.3, -0.25) is 0 Å². The first-order valence-electron chi connectivity index (χ1n) is 6.02. The van der Waals surface area contributed by atoms with Gasteiger partial charge in [0.25, 0.3) is 0 Å². The molecule has 2 rings (SSSR count). The summed E-state index contributed by atoms with van der Waals surface area (Å²) in [5.41, 5.74) is 2.05. The lowest BCUT2D eigenvalue weighted by atomic mass is 9.97. The van der Waals surface area contributed by atoms with Gasteiger partial charge in [-0.05, 0) is 35.4 Å². The lowest BCUT2D eigenvalue weighted by Gasteiger charge is -2.18. The molecule has 0 fully saturated rings. The van der Waals surface area contributed by atoms with Gasteiger partial charge in [0, 0.05) is 0 Å². The fraction of sp³-hybridized carbons (Fsp3) is 0.125. The van der Waals surface area contributed by atoms with Crippen molar-refractivity contribution in [1.29, 1.82) is 10.5 Å². The molecule has 0 bridgehead atoms. The van der Waals surface area contributed by atoms with Crippen LogP contribution in [0.1, 0.15) is 34.5 Å². The van der Waals surface area contributed by atoms with Gasteiger partial charge in [-0.2, -0.15) is 10.5 Å². The number of nitriles is 2. The number of hydrogen-bond acceptors (Lipinski definition) is 4. The summed E-state index contributed by atoms with van der Waals surface area (Å²) in [5.74, 6) is 0. The largest absolute Gasteiger partial charge is 0.385 e. The predicted molar refractivity (Wildman–Crippen MR) is 72.2 cm³/mol. The van der Waals surface area contributed by atoms with Crippen LogP contribution in [0.25, 0.3) is 0 Å². The molecule has 2 aromatic rings. The maximum atomic E-state index is 10.1. The van der Waals surface area contributed by atoms with E-state index in [1.54, 1.807) is 48.5 Å². The standard InChI is InChI=1S/C16H12N2O2/c17-9-11-1-5-13(6-2-11)15(19)16(20)14-7-3-12(10-18)4-8-14/h1-8,15-16,19-20H/t15-,16-/m0/s1. The molecule has 2 aromatic carbocycles. The summed E-state index contributed by atoms with van der Waals surface area (Å²) < 4.78 is 0. The van der Waals surface area contributed by atoms with Crippen molar-refractivity contribution in [1.82, 2.24) is 0 Å². The average Bonchev–Trinajstić information content (AvgIpc) is 2.53. The minimum atomic E-state index is -1.09. The third-order valence-electron chi connectivity index (χ3n) is 3.06. The second kappa shape index (κ2) is 5.99. The first-order valence-corrected chi connectivity index (χ1v) is 6.02. The molecule has 0 aliphatic carbocycles. The topological polar surface area (TPSA) is 88.0 Å². The van der Waals surface area contributed by atoms with Crippen LogP contribution in [0.3, 0.4) is 0 Å². The van der Waals surface area contributed by atoms with Crippen molar-refractivity contribution in [3.63, 3.8) is 0 Å². The Hall–Kier alpha value is -2.66. The Kier molecular flexibility index (Phi) is 4.12. The van der Waals surface area contributed by atoms with Crippen molar-refractivity contribution in [3.05, 3.63) is 70.8 Å². The fourth-order valence-electron chi connectivity index (χ4n) is 1.87. The number of benzene rings is 2. The third-order valence-corrected chi connectivity index (χ3v) is 3.06. The van der Waals surface area contributed by atoms with Crippen LogP contribution in [0, 0.1) is 22.7 Å². The second-order valence-corrected chi connectivity index (χ2v) is 4.36. The molecule has 4 heteroatoms. The molecule has 0 aromatic heterocycles. The fourth-order valence-corrected chi connectivity index (χ4v) is 1.87. The molecule has 2 atom stereocenters. The number of rotatable bonds is 3. The Morgan fingerprint density at radius 2 is 0.950 bits per heavy atom. The van der Waals surface area contributed by atoms with E-state index in [4.69, 9.17) is 10.5 Å². The normalized spacial score (nSPS) is 13.0. The van der Waals surface area contributed by atoms with Crippen LogP contribution in [-0.2, 0) is 0 Å². The van der Waals surface area contributed by atoms with Crippen LogP contribution < -0.4 is 0 Å². The zero-order valence-corrected chi connectivity index (χ0v) is 10.6. The summed E-state index contributed by atoms with van der Waals surface area (Å²) in [5, 5.41) is 37.7. The summed E-state index contributed by atoms with van der Waals surface area (Å²) in [6.45, 7) is 0. The minimum Gasteiger partial charge on any atom is -0.385 e. The zero-order chi connectivity index (χ0) is 14.5. The molecular formula is C16H12N2O2. The molecule has 2 N–H and O–H groups in total. The first-order chi connectivity index (χ1) is 9.65. The van der Waals surface area contributed by atoms with Crippen molar-refractivity contribution in [2.24, 2.45) is 0 Å². The zero-order valence-electron chi connectivity index (χ0n) is 10.6. The molecule has 20 heavy (non-hydrogen) atoms. The van der Waals surface area contributed by atoms with Gasteiger partial charge in [0.15, 0.2) is 0 Å². The molecule has 0 aliphatic heterocycles. The SMILES string of the molecule is N#Cc1ccc([C@H](O)[C@@H](O)c2ccc(C#N)cc2)cc1. The average molecular weight is 264 g/mol. The van der Waals surface area contributed by atoms with Crippen LogP contribution in [-0.4, -0.2) is 10.2 Å². The van der Waals surface area contributed by atoms with Crippen LogP contribution in [0.5, 0.6) is 0 Å². The Labute approximate surface area is 116 Å². The van der Waals surface area contributed by atoms with Crippen molar-refractivity contribution >= 4 is 0 Å². The summed E-state index contributed by atoms with van der Waals surface area (Å²) in [4.78, 5) is 0. The van der Waals surface area contributed by atoms with Gasteiger partial charge in [-0.15, -0.1) is 0 Å². The predicted octanol–water partition coefficient (Wildman–Crippen LogP) is 2.20. The number of aliphatic hydroxyl groups is 2. The van der Waals surface area contributed by atoms with Gasteiger partial charge in [0.1, 0.15) is 12.2 Å². The van der Waals surface area contributed by atoms with Crippen LogP contribution in [0.4, 0.5) is 0 Å². The van der Waals surface area contributed by atoms with E-state index >= 15 is 0 Å². The monoisotopic (exact) mass is 264 g/mol. The van der Waals surface area contributed by atoms with Crippen LogP contribution >= 0.6 is 0 Å². The highest BCUT2D eigenvalue weighted by Crippen LogP contribution is 2.28. The van der Waals surface area contributed by atoms with Crippen molar-refractivity contribution in [2.45, 2.75) is 12.2 Å². The smallest absolute Gasteiger partial charge is 0.109 e. The molecule has 0 amide bonds. The van der Waals surface area contributed by atoms with E-state index < -0.39 is 12.2 Å². The van der Waals surface area contributed by atoms with E-state index in [2.05, 4.69) is 0 Å². The molecular weight excluding hydrogens is 252 g/mol. The Morgan fingerprint density at radius 3 is 1.20 bits per heavy atom. The third kappa shape index (κ3) is 2.84. The van der Waals surface area contributed by atoms with Gasteiger partial charge in [0.2, 0.25) is 0 Å². The number of hydrogen-bond donors (Lipinski definition) is 2. The van der Waals surface area contributed by atoms with E-state index in [1.165, 1.54) is 0 Å². The lowest BCUT2D eigenvalue weighted by molar-refractivity contribution is 0.0172. The maximum absolute atomic E-state index is 10.1. The van der Waals surface area contributed by atoms with Gasteiger partial charge in [-0.1, -0.05) is 24.3 Å². The summed E-state index contributed by atoms with van der Waals surface area (Å²) in [6, 6.07) is 16.8. The van der Waals surface area contributed by atoms with E-state index in [-0.39, 0.29) is 0 Å². The highest BCUT2D eigenvalue weighted by Gasteiger charge is 2.20. The highest BCUT2D eigenvalue weighted by molar-refractivity contribution is 5.35. The molecule has 0 heterocycles. The minimum absolute atomic E-state index is 0.494. The highest BCUT2D eigenvalue weighted by atomic mass is 16.3. The first kappa shape index (κ1) is 13.8.